The summed E-state index contributed by atoms with van der Waals surface area (Å²) < 4.78 is 31.1. The van der Waals surface area contributed by atoms with Crippen LogP contribution in [0.5, 0.6) is 0 Å². The van der Waals surface area contributed by atoms with Gasteiger partial charge in [-0.15, -0.1) is 0 Å². The molecular formula is C22H29N3O4S. The lowest BCUT2D eigenvalue weighted by molar-refractivity contribution is -0.127. The van der Waals surface area contributed by atoms with Crippen LogP contribution >= 0.6 is 0 Å². The molecule has 30 heavy (non-hydrogen) atoms. The smallest absolute Gasteiger partial charge is 0.246 e. The molecule has 4 rings (SSSR count). The monoisotopic (exact) mass is 431 g/mol. The van der Waals surface area contributed by atoms with E-state index in [1.807, 2.05) is 23.1 Å². The van der Waals surface area contributed by atoms with E-state index in [1.165, 1.54) is 0 Å². The molecule has 162 valence electrons. The molecule has 0 saturated carbocycles. The Balaban J connectivity index is 1.34. The number of hydrogen-bond donors (Lipinski definition) is 0. The van der Waals surface area contributed by atoms with Crippen molar-refractivity contribution in [2.24, 2.45) is 0 Å². The lowest BCUT2D eigenvalue weighted by Gasteiger charge is -2.37. The van der Waals surface area contributed by atoms with Crippen LogP contribution in [0.15, 0.2) is 35.0 Å². The van der Waals surface area contributed by atoms with Crippen LogP contribution in [0.4, 0.5) is 0 Å². The molecule has 0 aromatic carbocycles. The minimum atomic E-state index is -2.88. The number of carbonyl (C=O) groups is 1. The van der Waals surface area contributed by atoms with Crippen LogP contribution in [0.2, 0.25) is 0 Å². The van der Waals surface area contributed by atoms with Crippen molar-refractivity contribution < 1.29 is 17.6 Å². The molecule has 1 amide bonds. The molecule has 2 aromatic rings. The van der Waals surface area contributed by atoms with Crippen molar-refractivity contribution in [1.29, 1.82) is 0 Å². The van der Waals surface area contributed by atoms with Crippen molar-refractivity contribution in [2.45, 2.75) is 32.9 Å². The van der Waals surface area contributed by atoms with Gasteiger partial charge >= 0.3 is 0 Å². The van der Waals surface area contributed by atoms with Gasteiger partial charge < -0.3 is 13.9 Å². The van der Waals surface area contributed by atoms with Crippen molar-refractivity contribution in [3.05, 3.63) is 53.2 Å². The standard InChI is InChI=1S/C22H29N3O4S/c1-17-14-19(18(2)25(17)15-21-4-3-12-29-21)5-6-22(26)24-10-8-23(9-11-24)20-7-13-30(27,28)16-20/h3-6,12,14,20H,7-11,13,15-16H2,1-2H3. The first-order valence-corrected chi connectivity index (χ1v) is 12.2. The van der Waals surface area contributed by atoms with Crippen LogP contribution in [0.25, 0.3) is 6.08 Å². The molecule has 8 heteroatoms. The van der Waals surface area contributed by atoms with Gasteiger partial charge in [0.15, 0.2) is 9.84 Å². The molecule has 2 aromatic heterocycles. The van der Waals surface area contributed by atoms with Crippen molar-refractivity contribution in [3.63, 3.8) is 0 Å². The normalized spacial score (nSPS) is 22.2. The minimum absolute atomic E-state index is 0.00420. The average molecular weight is 432 g/mol. The van der Waals surface area contributed by atoms with Gasteiger partial charge in [-0.25, -0.2) is 8.42 Å². The Bertz CT molecular complexity index is 1030. The Labute approximate surface area is 177 Å². The lowest BCUT2D eigenvalue weighted by Crippen LogP contribution is -2.52. The van der Waals surface area contributed by atoms with Crippen molar-refractivity contribution in [2.75, 3.05) is 37.7 Å². The van der Waals surface area contributed by atoms with Crippen LogP contribution in [0.3, 0.4) is 0 Å². The molecule has 2 aliphatic heterocycles. The fourth-order valence-electron chi connectivity index (χ4n) is 4.44. The fraction of sp³-hybridized carbons (Fsp3) is 0.500. The molecule has 2 aliphatic rings. The van der Waals surface area contributed by atoms with Crippen molar-refractivity contribution in [1.82, 2.24) is 14.4 Å². The van der Waals surface area contributed by atoms with Gasteiger partial charge in [0, 0.05) is 49.7 Å². The first-order chi connectivity index (χ1) is 14.3. The molecule has 4 heterocycles. The van der Waals surface area contributed by atoms with E-state index in [4.69, 9.17) is 4.42 Å². The molecule has 0 bridgehead atoms. The number of furan rings is 1. The molecule has 2 saturated heterocycles. The van der Waals surface area contributed by atoms with Gasteiger partial charge in [0.2, 0.25) is 5.91 Å². The molecule has 0 radical (unpaired) electrons. The predicted octanol–water partition coefficient (Wildman–Crippen LogP) is 2.09. The summed E-state index contributed by atoms with van der Waals surface area (Å²) >= 11 is 0. The molecule has 1 unspecified atom stereocenters. The Hall–Kier alpha value is -2.32. The van der Waals surface area contributed by atoms with Crippen LogP contribution in [0.1, 0.15) is 29.1 Å². The van der Waals surface area contributed by atoms with E-state index >= 15 is 0 Å². The maximum atomic E-state index is 12.7. The zero-order valence-corrected chi connectivity index (χ0v) is 18.4. The first kappa shape index (κ1) is 20.9. The highest BCUT2D eigenvalue weighted by molar-refractivity contribution is 7.91. The summed E-state index contributed by atoms with van der Waals surface area (Å²) in [6.07, 6.45) is 5.92. The van der Waals surface area contributed by atoms with E-state index in [9.17, 15) is 13.2 Å². The van der Waals surface area contributed by atoms with Gasteiger partial charge in [-0.2, -0.15) is 0 Å². The number of sulfone groups is 1. The van der Waals surface area contributed by atoms with Crippen LogP contribution in [-0.4, -0.2) is 72.4 Å². The van der Waals surface area contributed by atoms with Crippen LogP contribution in [-0.2, 0) is 21.2 Å². The van der Waals surface area contributed by atoms with Gasteiger partial charge in [-0.3, -0.25) is 9.69 Å². The number of aryl methyl sites for hydroxylation is 1. The highest BCUT2D eigenvalue weighted by atomic mass is 32.2. The number of hydrogen-bond acceptors (Lipinski definition) is 5. The number of amides is 1. The molecule has 0 N–H and O–H groups in total. The zero-order valence-electron chi connectivity index (χ0n) is 17.6. The highest BCUT2D eigenvalue weighted by Crippen LogP contribution is 2.21. The number of rotatable bonds is 5. The number of nitrogens with zero attached hydrogens (tertiary/aromatic N) is 3. The van der Waals surface area contributed by atoms with Crippen molar-refractivity contribution in [3.8, 4) is 0 Å². The molecule has 2 fully saturated rings. The van der Waals surface area contributed by atoms with E-state index in [2.05, 4.69) is 29.4 Å². The summed E-state index contributed by atoms with van der Waals surface area (Å²) in [5, 5.41) is 0. The minimum Gasteiger partial charge on any atom is -0.467 e. The Morgan fingerprint density at radius 3 is 2.63 bits per heavy atom. The predicted molar refractivity (Wildman–Crippen MR) is 116 cm³/mol. The molecule has 0 spiro atoms. The first-order valence-electron chi connectivity index (χ1n) is 10.4. The fourth-order valence-corrected chi connectivity index (χ4v) is 6.20. The Morgan fingerprint density at radius 2 is 2.00 bits per heavy atom. The van der Waals surface area contributed by atoms with Gasteiger partial charge in [-0.1, -0.05) is 0 Å². The maximum absolute atomic E-state index is 12.7. The number of piperazine rings is 1. The van der Waals surface area contributed by atoms with Crippen LogP contribution in [0, 0.1) is 13.8 Å². The Kier molecular flexibility index (Phi) is 5.88. The topological polar surface area (TPSA) is 75.8 Å². The second-order valence-corrected chi connectivity index (χ2v) is 10.5. The summed E-state index contributed by atoms with van der Waals surface area (Å²) in [5.41, 5.74) is 3.25. The second-order valence-electron chi connectivity index (χ2n) is 8.24. The van der Waals surface area contributed by atoms with Gasteiger partial charge in [-0.05, 0) is 50.1 Å². The largest absolute Gasteiger partial charge is 0.467 e. The third-order valence-electron chi connectivity index (χ3n) is 6.26. The molecule has 7 nitrogen and oxygen atoms in total. The summed E-state index contributed by atoms with van der Waals surface area (Å²) in [4.78, 5) is 16.7. The average Bonchev–Trinajstić information content (AvgIpc) is 3.43. The third-order valence-corrected chi connectivity index (χ3v) is 8.01. The summed E-state index contributed by atoms with van der Waals surface area (Å²) in [6, 6.07) is 6.04. The van der Waals surface area contributed by atoms with Crippen LogP contribution < -0.4 is 0 Å². The summed E-state index contributed by atoms with van der Waals surface area (Å²) in [6.45, 7) is 7.51. The van der Waals surface area contributed by atoms with Crippen molar-refractivity contribution >= 4 is 21.8 Å². The van der Waals surface area contributed by atoms with Gasteiger partial charge in [0.05, 0.1) is 24.3 Å². The van der Waals surface area contributed by atoms with E-state index < -0.39 is 9.84 Å². The summed E-state index contributed by atoms with van der Waals surface area (Å²) in [5.74, 6) is 1.45. The van der Waals surface area contributed by atoms with E-state index in [1.54, 1.807) is 12.3 Å². The van der Waals surface area contributed by atoms with E-state index in [0.29, 0.717) is 26.1 Å². The lowest BCUT2D eigenvalue weighted by atomic mass is 10.2. The van der Waals surface area contributed by atoms with Gasteiger partial charge in [0.25, 0.3) is 0 Å². The molecular weight excluding hydrogens is 402 g/mol. The van der Waals surface area contributed by atoms with E-state index in [0.717, 1.165) is 35.8 Å². The SMILES string of the molecule is Cc1cc(C=CC(=O)N2CCN(C3CCS(=O)(=O)C3)CC2)c(C)n1Cc1ccco1. The number of aromatic nitrogens is 1. The van der Waals surface area contributed by atoms with Gasteiger partial charge in [0.1, 0.15) is 5.76 Å². The molecule has 0 aliphatic carbocycles. The number of carbonyl (C=O) groups excluding carboxylic acids is 1. The maximum Gasteiger partial charge on any atom is 0.246 e. The summed E-state index contributed by atoms with van der Waals surface area (Å²) in [7, 11) is -2.88. The second kappa shape index (κ2) is 8.43. The highest BCUT2D eigenvalue weighted by Gasteiger charge is 2.34. The third kappa shape index (κ3) is 4.54. The Morgan fingerprint density at radius 1 is 1.23 bits per heavy atom. The quantitative estimate of drug-likeness (QED) is 0.678. The molecule has 1 atom stereocenters. The zero-order chi connectivity index (χ0) is 21.3. The van der Waals surface area contributed by atoms with E-state index in [-0.39, 0.29) is 23.5 Å².